The van der Waals surface area contributed by atoms with Crippen LogP contribution in [0.25, 0.3) is 0 Å². The Bertz CT molecular complexity index is 862. The first-order valence-corrected chi connectivity index (χ1v) is 10.5. The molecule has 8 nitrogen and oxygen atoms in total. The molecule has 0 saturated heterocycles. The fourth-order valence-electron chi connectivity index (χ4n) is 3.11. The van der Waals surface area contributed by atoms with E-state index in [1.165, 1.54) is 0 Å². The first kappa shape index (κ1) is 20.1. The van der Waals surface area contributed by atoms with Crippen LogP contribution in [0.2, 0.25) is 0 Å². The van der Waals surface area contributed by atoms with Crippen molar-refractivity contribution in [1.82, 2.24) is 10.6 Å². The molecular formula is C22H28N4O4. The maximum Gasteiger partial charge on any atom is 0.223 e. The number of ether oxygens (including phenoxy) is 2. The summed E-state index contributed by atoms with van der Waals surface area (Å²) in [6.45, 7) is 3.00. The molecule has 30 heavy (non-hydrogen) atoms. The number of hydrogen-bond donors (Lipinski definition) is 3. The molecule has 0 unspecified atom stereocenters. The number of nitrogens with zero attached hydrogens (tertiary/aromatic N) is 1. The molecule has 4 rings (SSSR count). The Hall–Kier alpha value is -3.16. The number of nitrogens with one attached hydrogen (secondary N) is 3. The zero-order valence-electron chi connectivity index (χ0n) is 17.0. The molecule has 2 aromatic rings. The quantitative estimate of drug-likeness (QED) is 0.350. The van der Waals surface area contributed by atoms with Crippen LogP contribution in [0.3, 0.4) is 0 Å². The zero-order chi connectivity index (χ0) is 20.6. The van der Waals surface area contributed by atoms with Gasteiger partial charge in [-0.25, -0.2) is 0 Å². The summed E-state index contributed by atoms with van der Waals surface area (Å²) in [4.78, 5) is 16.4. The van der Waals surface area contributed by atoms with Crippen LogP contribution in [0.15, 0.2) is 46.0 Å². The van der Waals surface area contributed by atoms with Gasteiger partial charge in [-0.3, -0.25) is 9.79 Å². The summed E-state index contributed by atoms with van der Waals surface area (Å²) in [5.41, 5.74) is 0.852. The van der Waals surface area contributed by atoms with E-state index in [2.05, 4.69) is 20.9 Å². The van der Waals surface area contributed by atoms with Crippen molar-refractivity contribution in [1.29, 1.82) is 0 Å². The third-order valence-corrected chi connectivity index (χ3v) is 4.88. The molecule has 160 valence electrons. The van der Waals surface area contributed by atoms with Gasteiger partial charge in [0.05, 0.1) is 19.5 Å². The van der Waals surface area contributed by atoms with Crippen LogP contribution in [0.5, 0.6) is 11.5 Å². The van der Waals surface area contributed by atoms with Gasteiger partial charge in [0.2, 0.25) is 5.91 Å². The molecule has 1 aliphatic heterocycles. The highest BCUT2D eigenvalue weighted by molar-refractivity contribution is 5.94. The van der Waals surface area contributed by atoms with E-state index in [1.54, 1.807) is 6.26 Å². The van der Waals surface area contributed by atoms with Crippen molar-refractivity contribution in [2.24, 2.45) is 10.9 Å². The van der Waals surface area contributed by atoms with Crippen molar-refractivity contribution in [3.05, 3.63) is 42.4 Å². The van der Waals surface area contributed by atoms with Gasteiger partial charge in [-0.15, -0.1) is 0 Å². The van der Waals surface area contributed by atoms with E-state index < -0.39 is 0 Å². The maximum atomic E-state index is 11.8. The fraction of sp³-hybridized carbons (Fsp3) is 0.455. The van der Waals surface area contributed by atoms with Crippen LogP contribution in [0.1, 0.15) is 25.0 Å². The molecule has 1 aromatic carbocycles. The molecule has 1 saturated carbocycles. The number of anilines is 1. The summed E-state index contributed by atoms with van der Waals surface area (Å²) in [7, 11) is 0. The number of hydrogen-bond acceptors (Lipinski definition) is 5. The summed E-state index contributed by atoms with van der Waals surface area (Å²) in [6, 6.07) is 9.56. The SMILES string of the molecule is O=C(NCCNC(=NCCc1ccco1)Nc1ccc2c(c1)OCCCO2)C1CC1. The number of carbonyl (C=O) groups excluding carboxylic acids is 1. The third-order valence-electron chi connectivity index (χ3n) is 4.88. The van der Waals surface area contributed by atoms with Gasteiger partial charge in [0.15, 0.2) is 17.5 Å². The van der Waals surface area contributed by atoms with Crippen LogP contribution in [0, 0.1) is 5.92 Å². The normalized spacial score (nSPS) is 15.9. The molecule has 0 radical (unpaired) electrons. The predicted molar refractivity (Wildman–Crippen MR) is 114 cm³/mol. The van der Waals surface area contributed by atoms with Crippen molar-refractivity contribution < 1.29 is 18.7 Å². The van der Waals surface area contributed by atoms with E-state index in [1.807, 2.05) is 30.3 Å². The second-order valence-electron chi connectivity index (χ2n) is 7.39. The van der Waals surface area contributed by atoms with Gasteiger partial charge in [0.25, 0.3) is 0 Å². The Balaban J connectivity index is 1.35. The van der Waals surface area contributed by atoms with E-state index >= 15 is 0 Å². The lowest BCUT2D eigenvalue weighted by Gasteiger charge is -2.15. The molecule has 3 N–H and O–H groups in total. The number of rotatable bonds is 8. The van der Waals surface area contributed by atoms with Crippen LogP contribution >= 0.6 is 0 Å². The monoisotopic (exact) mass is 412 g/mol. The number of fused-ring (bicyclic) bond motifs is 1. The summed E-state index contributed by atoms with van der Waals surface area (Å²) >= 11 is 0. The molecular weight excluding hydrogens is 384 g/mol. The Labute approximate surface area is 176 Å². The first-order valence-electron chi connectivity index (χ1n) is 10.5. The number of furan rings is 1. The topological polar surface area (TPSA) is 97.1 Å². The van der Waals surface area contributed by atoms with Gasteiger partial charge in [0.1, 0.15) is 5.76 Å². The number of guanidine groups is 1. The molecule has 2 heterocycles. The van der Waals surface area contributed by atoms with Gasteiger partial charge < -0.3 is 29.8 Å². The molecule has 0 spiro atoms. The van der Waals surface area contributed by atoms with Crippen LogP contribution in [0.4, 0.5) is 5.69 Å². The van der Waals surface area contributed by atoms with Gasteiger partial charge in [-0.05, 0) is 37.1 Å². The van der Waals surface area contributed by atoms with Crippen molar-refractivity contribution >= 4 is 17.6 Å². The largest absolute Gasteiger partial charge is 0.490 e. The number of amides is 1. The van der Waals surface area contributed by atoms with Crippen LogP contribution in [-0.4, -0.2) is 44.7 Å². The average molecular weight is 412 g/mol. The average Bonchev–Trinajstić information content (AvgIpc) is 3.52. The van der Waals surface area contributed by atoms with Crippen molar-refractivity contribution in [2.45, 2.75) is 25.7 Å². The lowest BCUT2D eigenvalue weighted by atomic mass is 10.2. The number of aliphatic imine (C=N–C) groups is 1. The molecule has 1 aliphatic carbocycles. The highest BCUT2D eigenvalue weighted by Gasteiger charge is 2.28. The molecule has 0 atom stereocenters. The summed E-state index contributed by atoms with van der Waals surface area (Å²) in [5, 5.41) is 9.54. The minimum absolute atomic E-state index is 0.143. The number of carbonyl (C=O) groups is 1. The lowest BCUT2D eigenvalue weighted by molar-refractivity contribution is -0.122. The summed E-state index contributed by atoms with van der Waals surface area (Å²) in [5.74, 6) is 3.37. The summed E-state index contributed by atoms with van der Waals surface area (Å²) in [6.07, 6.45) is 5.25. The second kappa shape index (κ2) is 10.0. The van der Waals surface area contributed by atoms with Crippen molar-refractivity contribution in [2.75, 3.05) is 38.2 Å². The molecule has 1 amide bonds. The van der Waals surface area contributed by atoms with E-state index in [0.29, 0.717) is 45.2 Å². The van der Waals surface area contributed by atoms with Crippen LogP contribution < -0.4 is 25.4 Å². The molecule has 8 heteroatoms. The Morgan fingerprint density at radius 3 is 2.70 bits per heavy atom. The van der Waals surface area contributed by atoms with Gasteiger partial charge in [-0.2, -0.15) is 0 Å². The highest BCUT2D eigenvalue weighted by Crippen LogP contribution is 2.32. The first-order chi connectivity index (χ1) is 14.8. The fourth-order valence-corrected chi connectivity index (χ4v) is 3.11. The summed E-state index contributed by atoms with van der Waals surface area (Å²) < 4.78 is 16.8. The van der Waals surface area contributed by atoms with Crippen LogP contribution in [-0.2, 0) is 11.2 Å². The smallest absolute Gasteiger partial charge is 0.223 e. The Kier molecular flexibility index (Phi) is 6.74. The number of benzene rings is 1. The van der Waals surface area contributed by atoms with E-state index in [9.17, 15) is 4.79 Å². The van der Waals surface area contributed by atoms with Crippen molar-refractivity contribution in [3.63, 3.8) is 0 Å². The van der Waals surface area contributed by atoms with E-state index in [4.69, 9.17) is 13.9 Å². The minimum Gasteiger partial charge on any atom is -0.490 e. The molecule has 0 bridgehead atoms. The van der Waals surface area contributed by atoms with Crippen molar-refractivity contribution in [3.8, 4) is 11.5 Å². The van der Waals surface area contributed by atoms with E-state index in [0.717, 1.165) is 42.2 Å². The molecule has 1 aromatic heterocycles. The maximum absolute atomic E-state index is 11.8. The molecule has 2 aliphatic rings. The van der Waals surface area contributed by atoms with Gasteiger partial charge in [0, 0.05) is 50.1 Å². The zero-order valence-corrected chi connectivity index (χ0v) is 17.0. The third kappa shape index (κ3) is 5.92. The Morgan fingerprint density at radius 1 is 1.07 bits per heavy atom. The molecule has 1 fully saturated rings. The van der Waals surface area contributed by atoms with Gasteiger partial charge in [-0.1, -0.05) is 0 Å². The second-order valence-corrected chi connectivity index (χ2v) is 7.39. The lowest BCUT2D eigenvalue weighted by Crippen LogP contribution is -2.38. The Morgan fingerprint density at radius 2 is 1.90 bits per heavy atom. The predicted octanol–water partition coefficient (Wildman–Crippen LogP) is 2.57. The van der Waals surface area contributed by atoms with E-state index in [-0.39, 0.29) is 11.8 Å². The standard InChI is InChI=1S/C22H28N4O4/c27-21(16-4-5-16)23-10-11-25-22(24-9-8-18-3-1-12-28-18)26-17-6-7-19-20(15-17)30-14-2-13-29-19/h1,3,6-7,12,15-16H,2,4-5,8-11,13-14H2,(H,23,27)(H2,24,25,26). The van der Waals surface area contributed by atoms with Gasteiger partial charge >= 0.3 is 0 Å². The minimum atomic E-state index is 0.143. The highest BCUT2D eigenvalue weighted by atomic mass is 16.5.